The van der Waals surface area contributed by atoms with Crippen molar-refractivity contribution in [3.63, 3.8) is 0 Å². The van der Waals surface area contributed by atoms with Gasteiger partial charge in [0, 0.05) is 29.8 Å². The number of aryl methyl sites for hydroxylation is 1. The Morgan fingerprint density at radius 1 is 0.878 bits per heavy atom. The molecule has 3 aromatic carbocycles. The first-order valence-electron chi connectivity index (χ1n) is 13.4. The van der Waals surface area contributed by atoms with E-state index >= 15 is 0 Å². The van der Waals surface area contributed by atoms with Gasteiger partial charge < -0.3 is 21.1 Å². The van der Waals surface area contributed by atoms with E-state index in [2.05, 4.69) is 17.4 Å². The minimum Gasteiger partial charge on any atom is -0.480 e. The highest BCUT2D eigenvalue weighted by atomic mass is 35.5. The molecule has 1 heterocycles. The van der Waals surface area contributed by atoms with Crippen LogP contribution in [0, 0.1) is 0 Å². The summed E-state index contributed by atoms with van der Waals surface area (Å²) in [5, 5.41) is 12.9. The second-order valence-electron chi connectivity index (χ2n) is 9.66. The quantitative estimate of drug-likeness (QED) is 0.239. The summed E-state index contributed by atoms with van der Waals surface area (Å²) < 4.78 is 0. The lowest BCUT2D eigenvalue weighted by molar-refractivity contribution is -0.141. The molecule has 0 saturated carbocycles. The number of carboxylic acid groups (broad SMARTS) is 1. The Morgan fingerprint density at radius 2 is 1.63 bits per heavy atom. The Hall–Kier alpha value is -3.88. The first-order chi connectivity index (χ1) is 19.7. The minimum atomic E-state index is -0.974. The van der Waals surface area contributed by atoms with Crippen molar-refractivity contribution in [3.8, 4) is 0 Å². The van der Waals surface area contributed by atoms with Crippen LogP contribution in [-0.4, -0.2) is 46.3 Å². The van der Waals surface area contributed by atoms with Crippen LogP contribution in [0.5, 0.6) is 0 Å². The van der Waals surface area contributed by atoms with Crippen molar-refractivity contribution in [2.24, 2.45) is 5.73 Å². The Balaban J connectivity index is 0.000000352. The van der Waals surface area contributed by atoms with E-state index < -0.39 is 17.9 Å². The predicted octanol–water partition coefficient (Wildman–Crippen LogP) is 6.21. The van der Waals surface area contributed by atoms with E-state index in [0.717, 1.165) is 25.7 Å². The van der Waals surface area contributed by atoms with Crippen molar-refractivity contribution < 1.29 is 24.3 Å². The van der Waals surface area contributed by atoms with Gasteiger partial charge in [-0.25, -0.2) is 4.79 Å². The molecule has 4 rings (SSSR count). The van der Waals surface area contributed by atoms with Gasteiger partial charge in [-0.2, -0.15) is 0 Å². The number of anilines is 1. The first-order valence-corrected chi connectivity index (χ1v) is 14.1. The molecule has 4 N–H and O–H groups in total. The summed E-state index contributed by atoms with van der Waals surface area (Å²) in [6, 6.07) is 20.7. The SMILES string of the molecule is NC(=O)c1ccc(Cl)c(Cl)c1.O=C(CCCCCc1ccccc1)Nc1cccc(C(=O)N2CCC[C@H]2C(=O)O)c1. The number of benzene rings is 3. The average Bonchev–Trinajstić information content (AvgIpc) is 3.45. The number of halogens is 2. The molecule has 1 fully saturated rings. The van der Waals surface area contributed by atoms with Crippen LogP contribution in [0.15, 0.2) is 72.8 Å². The number of hydrogen-bond acceptors (Lipinski definition) is 4. The van der Waals surface area contributed by atoms with Gasteiger partial charge in [-0.1, -0.05) is 66.0 Å². The molecule has 1 atom stereocenters. The number of carboxylic acids is 1. The fourth-order valence-corrected chi connectivity index (χ4v) is 4.77. The lowest BCUT2D eigenvalue weighted by Crippen LogP contribution is -2.40. The molecule has 3 aromatic rings. The van der Waals surface area contributed by atoms with Crippen LogP contribution in [0.3, 0.4) is 0 Å². The van der Waals surface area contributed by atoms with Gasteiger partial charge >= 0.3 is 5.97 Å². The summed E-state index contributed by atoms with van der Waals surface area (Å²) in [6.07, 6.45) is 5.44. The van der Waals surface area contributed by atoms with Crippen LogP contribution in [0.1, 0.15) is 64.8 Å². The lowest BCUT2D eigenvalue weighted by atomic mass is 10.1. The van der Waals surface area contributed by atoms with Crippen molar-refractivity contribution in [2.75, 3.05) is 11.9 Å². The molecule has 1 aliphatic heterocycles. The number of carbonyl (C=O) groups is 4. The summed E-state index contributed by atoms with van der Waals surface area (Å²) in [4.78, 5) is 48.3. The van der Waals surface area contributed by atoms with E-state index in [0.29, 0.717) is 52.7 Å². The van der Waals surface area contributed by atoms with Crippen molar-refractivity contribution in [3.05, 3.63) is 99.5 Å². The van der Waals surface area contributed by atoms with Gasteiger partial charge in [-0.3, -0.25) is 14.4 Å². The number of aliphatic carboxylic acids is 1. The molecule has 0 radical (unpaired) electrons. The molecule has 0 aliphatic carbocycles. The standard InChI is InChI=1S/C24H28N2O4.C7H5Cl2NO/c27-22(15-6-2-5-11-18-9-3-1-4-10-18)25-20-13-7-12-19(17-20)23(28)26-16-8-14-21(26)24(29)30;8-5-2-1-4(7(10)11)3-6(5)9/h1,3-4,7,9-10,12-13,17,21H,2,5-6,8,11,14-16H2,(H,25,27)(H,29,30);1-3H,(H2,10,11)/t21-;/m0./s1. The molecule has 3 amide bonds. The monoisotopic (exact) mass is 597 g/mol. The number of nitrogens with one attached hydrogen (secondary N) is 1. The molecule has 0 bridgehead atoms. The van der Waals surface area contributed by atoms with Crippen molar-refractivity contribution in [2.45, 2.75) is 51.0 Å². The highest BCUT2D eigenvalue weighted by Gasteiger charge is 2.34. The first kappa shape index (κ1) is 31.6. The van der Waals surface area contributed by atoms with Gasteiger partial charge in [-0.05, 0) is 74.1 Å². The number of primary amides is 1. The Morgan fingerprint density at radius 3 is 2.32 bits per heavy atom. The number of likely N-dealkylation sites (tertiary alicyclic amines) is 1. The largest absolute Gasteiger partial charge is 0.480 e. The number of hydrogen-bond donors (Lipinski definition) is 3. The zero-order valence-corrected chi connectivity index (χ0v) is 24.0. The fourth-order valence-electron chi connectivity index (χ4n) is 4.47. The fraction of sp³-hybridized carbons (Fsp3) is 0.290. The number of unbranched alkanes of at least 4 members (excludes halogenated alkanes) is 2. The summed E-state index contributed by atoms with van der Waals surface area (Å²) in [5.41, 5.74) is 7.61. The molecule has 1 aliphatic rings. The predicted molar refractivity (Wildman–Crippen MR) is 160 cm³/mol. The normalized spacial score (nSPS) is 14.1. The van der Waals surface area contributed by atoms with Gasteiger partial charge in [-0.15, -0.1) is 0 Å². The highest BCUT2D eigenvalue weighted by Crippen LogP contribution is 2.23. The smallest absolute Gasteiger partial charge is 0.326 e. The Labute approximate surface area is 249 Å². The highest BCUT2D eigenvalue weighted by molar-refractivity contribution is 6.42. The van der Waals surface area contributed by atoms with E-state index in [-0.39, 0.29) is 11.8 Å². The summed E-state index contributed by atoms with van der Waals surface area (Å²) >= 11 is 11.2. The number of nitrogens with zero attached hydrogens (tertiary/aromatic N) is 1. The maximum absolute atomic E-state index is 12.7. The third kappa shape index (κ3) is 9.92. The van der Waals surface area contributed by atoms with Crippen LogP contribution in [-0.2, 0) is 16.0 Å². The summed E-state index contributed by atoms with van der Waals surface area (Å²) in [7, 11) is 0. The van der Waals surface area contributed by atoms with E-state index in [9.17, 15) is 24.3 Å². The average molecular weight is 599 g/mol. The van der Waals surface area contributed by atoms with Crippen LogP contribution in [0.4, 0.5) is 5.69 Å². The molecular formula is C31H33Cl2N3O5. The lowest BCUT2D eigenvalue weighted by Gasteiger charge is -2.21. The summed E-state index contributed by atoms with van der Waals surface area (Å²) in [6.45, 7) is 0.440. The third-order valence-corrected chi connectivity index (χ3v) is 7.35. The van der Waals surface area contributed by atoms with Gasteiger partial charge in [0.25, 0.3) is 5.91 Å². The van der Waals surface area contributed by atoms with Crippen LogP contribution in [0.25, 0.3) is 0 Å². The second-order valence-corrected chi connectivity index (χ2v) is 10.5. The van der Waals surface area contributed by atoms with Gasteiger partial charge in [0.2, 0.25) is 11.8 Å². The van der Waals surface area contributed by atoms with Crippen LogP contribution in [0.2, 0.25) is 10.0 Å². The van der Waals surface area contributed by atoms with Crippen LogP contribution >= 0.6 is 23.2 Å². The molecule has 0 spiro atoms. The number of carbonyl (C=O) groups excluding carboxylic acids is 3. The molecule has 0 unspecified atom stereocenters. The van der Waals surface area contributed by atoms with Gasteiger partial charge in [0.05, 0.1) is 10.0 Å². The Bertz CT molecular complexity index is 1370. The molecule has 41 heavy (non-hydrogen) atoms. The van der Waals surface area contributed by atoms with Crippen molar-refractivity contribution in [1.82, 2.24) is 4.90 Å². The number of amides is 3. The maximum Gasteiger partial charge on any atom is 0.326 e. The second kappa shape index (κ2) is 15.8. The molecule has 216 valence electrons. The van der Waals surface area contributed by atoms with Gasteiger partial charge in [0.15, 0.2) is 0 Å². The Kier molecular flexibility index (Phi) is 12.2. The summed E-state index contributed by atoms with van der Waals surface area (Å²) in [5.74, 6) is -1.87. The number of nitrogens with two attached hydrogens (primary N) is 1. The van der Waals surface area contributed by atoms with E-state index in [1.807, 2.05) is 18.2 Å². The zero-order valence-electron chi connectivity index (χ0n) is 22.5. The third-order valence-electron chi connectivity index (χ3n) is 6.61. The topological polar surface area (TPSA) is 130 Å². The van der Waals surface area contributed by atoms with Crippen LogP contribution < -0.4 is 11.1 Å². The molecule has 8 nitrogen and oxygen atoms in total. The zero-order chi connectivity index (χ0) is 29.8. The number of rotatable bonds is 10. The van der Waals surface area contributed by atoms with E-state index in [4.69, 9.17) is 28.9 Å². The molecule has 0 aromatic heterocycles. The van der Waals surface area contributed by atoms with E-state index in [1.165, 1.54) is 28.7 Å². The van der Waals surface area contributed by atoms with Gasteiger partial charge in [0.1, 0.15) is 6.04 Å². The molecule has 1 saturated heterocycles. The van der Waals surface area contributed by atoms with E-state index in [1.54, 1.807) is 24.3 Å². The molecular weight excluding hydrogens is 565 g/mol. The van der Waals surface area contributed by atoms with Crippen molar-refractivity contribution in [1.29, 1.82) is 0 Å². The molecule has 10 heteroatoms. The van der Waals surface area contributed by atoms with Crippen molar-refractivity contribution >= 4 is 52.6 Å². The minimum absolute atomic E-state index is 0.0797. The maximum atomic E-state index is 12.7.